The minimum Gasteiger partial charge on any atom is -0.404 e. The Morgan fingerprint density at radius 3 is 2.30 bits per heavy atom. The Kier molecular flexibility index (Phi) is 5.23. The normalized spacial score (nSPS) is 17.9. The smallest absolute Gasteiger partial charge is 0.404 e. The number of hydrogen-bond acceptors (Lipinski definition) is 4. The van der Waals surface area contributed by atoms with Gasteiger partial charge in [-0.25, -0.2) is 4.98 Å². The molecule has 1 aliphatic rings. The van der Waals surface area contributed by atoms with Crippen molar-refractivity contribution in [1.29, 1.82) is 0 Å². The quantitative estimate of drug-likeness (QED) is 0.789. The standard InChI is InChI=1S/C13H15F6N3O/c14-12(15,16)9-21-4-1-5-22(7-6-21)11-3-2-10(8-20-11)23-13(17,18)19/h2-3,8H,1,4-7,9H2. The number of anilines is 1. The van der Waals surface area contributed by atoms with Crippen molar-refractivity contribution < 1.29 is 31.1 Å². The van der Waals surface area contributed by atoms with E-state index in [9.17, 15) is 26.3 Å². The van der Waals surface area contributed by atoms with Crippen molar-refractivity contribution in [2.45, 2.75) is 19.0 Å². The molecule has 0 N–H and O–H groups in total. The van der Waals surface area contributed by atoms with Crippen LogP contribution in [0, 0.1) is 0 Å². The summed E-state index contributed by atoms with van der Waals surface area (Å²) >= 11 is 0. The van der Waals surface area contributed by atoms with Crippen LogP contribution < -0.4 is 9.64 Å². The number of ether oxygens (including phenoxy) is 1. The number of nitrogens with zero attached hydrogens (tertiary/aromatic N) is 3. The first-order valence-electron chi connectivity index (χ1n) is 6.88. The van der Waals surface area contributed by atoms with Crippen molar-refractivity contribution in [3.63, 3.8) is 0 Å². The Hall–Kier alpha value is -1.71. The summed E-state index contributed by atoms with van der Waals surface area (Å²) in [7, 11) is 0. The molecule has 1 saturated heterocycles. The summed E-state index contributed by atoms with van der Waals surface area (Å²) in [6.45, 7) is 0.364. The lowest BCUT2D eigenvalue weighted by Crippen LogP contribution is -2.37. The van der Waals surface area contributed by atoms with Gasteiger partial charge in [-0.3, -0.25) is 4.90 Å². The van der Waals surface area contributed by atoms with Gasteiger partial charge in [0.05, 0.1) is 12.7 Å². The molecule has 0 saturated carbocycles. The molecule has 1 fully saturated rings. The number of pyridine rings is 1. The minimum absolute atomic E-state index is 0.210. The van der Waals surface area contributed by atoms with E-state index in [0.29, 0.717) is 31.9 Å². The first-order chi connectivity index (χ1) is 10.6. The molecule has 130 valence electrons. The number of hydrogen-bond donors (Lipinski definition) is 0. The molecule has 0 aromatic carbocycles. The van der Waals surface area contributed by atoms with Crippen LogP contribution in [0.2, 0.25) is 0 Å². The molecule has 0 amide bonds. The molecule has 0 aliphatic carbocycles. The third-order valence-corrected chi connectivity index (χ3v) is 3.27. The Labute approximate surface area is 128 Å². The largest absolute Gasteiger partial charge is 0.573 e. The van der Waals surface area contributed by atoms with Crippen LogP contribution in [0.3, 0.4) is 0 Å². The molecule has 0 bridgehead atoms. The highest BCUT2D eigenvalue weighted by Crippen LogP contribution is 2.24. The maximum atomic E-state index is 12.4. The van der Waals surface area contributed by atoms with Crippen molar-refractivity contribution in [1.82, 2.24) is 9.88 Å². The molecule has 0 spiro atoms. The molecule has 10 heteroatoms. The minimum atomic E-state index is -4.79. The van der Waals surface area contributed by atoms with Crippen LogP contribution in [0.15, 0.2) is 18.3 Å². The predicted molar refractivity (Wildman–Crippen MR) is 70.2 cm³/mol. The zero-order valence-corrected chi connectivity index (χ0v) is 12.0. The van der Waals surface area contributed by atoms with Gasteiger partial charge in [0.15, 0.2) is 0 Å². The molecule has 2 rings (SSSR count). The molecule has 1 aromatic rings. The van der Waals surface area contributed by atoms with Crippen molar-refractivity contribution >= 4 is 5.82 Å². The maximum Gasteiger partial charge on any atom is 0.573 e. The molecular formula is C13H15F6N3O. The highest BCUT2D eigenvalue weighted by Gasteiger charge is 2.32. The highest BCUT2D eigenvalue weighted by molar-refractivity contribution is 5.41. The highest BCUT2D eigenvalue weighted by atomic mass is 19.4. The molecule has 23 heavy (non-hydrogen) atoms. The summed E-state index contributed by atoms with van der Waals surface area (Å²) in [6.07, 6.45) is -7.58. The van der Waals surface area contributed by atoms with Gasteiger partial charge in [0, 0.05) is 26.2 Å². The van der Waals surface area contributed by atoms with Crippen LogP contribution in [0.5, 0.6) is 5.75 Å². The lowest BCUT2D eigenvalue weighted by Gasteiger charge is -2.23. The van der Waals surface area contributed by atoms with Gasteiger partial charge in [-0.1, -0.05) is 0 Å². The molecule has 0 atom stereocenters. The maximum absolute atomic E-state index is 12.4. The van der Waals surface area contributed by atoms with Crippen molar-refractivity contribution in [2.24, 2.45) is 0 Å². The lowest BCUT2D eigenvalue weighted by molar-refractivity contribution is -0.274. The summed E-state index contributed by atoms with van der Waals surface area (Å²) in [6, 6.07) is 2.49. The summed E-state index contributed by atoms with van der Waals surface area (Å²) in [5, 5.41) is 0. The molecule has 0 unspecified atom stereocenters. The van der Waals surface area contributed by atoms with Gasteiger partial charge in [-0.15, -0.1) is 13.2 Å². The number of alkyl halides is 6. The predicted octanol–water partition coefficient (Wildman–Crippen LogP) is 3.05. The van der Waals surface area contributed by atoms with Gasteiger partial charge in [0.1, 0.15) is 11.6 Å². The zero-order valence-electron chi connectivity index (χ0n) is 12.0. The second kappa shape index (κ2) is 6.81. The first kappa shape index (κ1) is 17.6. The van der Waals surface area contributed by atoms with Gasteiger partial charge in [-0.05, 0) is 18.6 Å². The Bertz CT molecular complexity index is 502. The fourth-order valence-electron chi connectivity index (χ4n) is 2.37. The average Bonchev–Trinajstić information content (AvgIpc) is 2.61. The van der Waals surface area contributed by atoms with Crippen LogP contribution in [-0.2, 0) is 0 Å². The fourth-order valence-corrected chi connectivity index (χ4v) is 2.37. The zero-order chi connectivity index (χ0) is 17.1. The van der Waals surface area contributed by atoms with Crippen LogP contribution in [0.1, 0.15) is 6.42 Å². The van der Waals surface area contributed by atoms with E-state index in [2.05, 4.69) is 9.72 Å². The molecular weight excluding hydrogens is 328 g/mol. The van der Waals surface area contributed by atoms with E-state index >= 15 is 0 Å². The molecule has 4 nitrogen and oxygen atoms in total. The SMILES string of the molecule is FC(F)(F)CN1CCCN(c2ccc(OC(F)(F)F)cn2)CC1. The summed E-state index contributed by atoms with van der Waals surface area (Å²) < 4.78 is 77.1. The van der Waals surface area contributed by atoms with E-state index in [4.69, 9.17) is 0 Å². The molecule has 2 heterocycles. The topological polar surface area (TPSA) is 28.6 Å². The number of aromatic nitrogens is 1. The Balaban J connectivity index is 1.94. The van der Waals surface area contributed by atoms with E-state index in [1.54, 1.807) is 4.90 Å². The fraction of sp³-hybridized carbons (Fsp3) is 0.615. The first-order valence-corrected chi connectivity index (χ1v) is 6.88. The van der Waals surface area contributed by atoms with Crippen LogP contribution in [0.4, 0.5) is 32.2 Å². The molecule has 0 radical (unpaired) electrons. The van der Waals surface area contributed by atoms with Crippen LogP contribution in [-0.4, -0.2) is 55.1 Å². The van der Waals surface area contributed by atoms with E-state index in [0.717, 1.165) is 12.3 Å². The second-order valence-electron chi connectivity index (χ2n) is 5.13. The number of rotatable bonds is 3. The van der Waals surface area contributed by atoms with E-state index in [1.165, 1.54) is 11.0 Å². The monoisotopic (exact) mass is 343 g/mol. The molecule has 1 aliphatic heterocycles. The van der Waals surface area contributed by atoms with Crippen molar-refractivity contribution in [3.8, 4) is 5.75 Å². The molecule has 1 aromatic heterocycles. The Morgan fingerprint density at radius 2 is 1.74 bits per heavy atom. The summed E-state index contributed by atoms with van der Waals surface area (Å²) in [5.74, 6) is -0.0249. The van der Waals surface area contributed by atoms with Gasteiger partial charge in [0.25, 0.3) is 0 Å². The lowest BCUT2D eigenvalue weighted by atomic mass is 10.3. The van der Waals surface area contributed by atoms with Gasteiger partial charge >= 0.3 is 12.5 Å². The van der Waals surface area contributed by atoms with E-state index < -0.39 is 24.8 Å². The number of halogens is 6. The van der Waals surface area contributed by atoms with Gasteiger partial charge < -0.3 is 9.64 Å². The van der Waals surface area contributed by atoms with E-state index in [-0.39, 0.29) is 6.54 Å². The van der Waals surface area contributed by atoms with Crippen molar-refractivity contribution in [2.75, 3.05) is 37.6 Å². The summed E-state index contributed by atoms with van der Waals surface area (Å²) in [4.78, 5) is 6.94. The van der Waals surface area contributed by atoms with Crippen LogP contribution >= 0.6 is 0 Å². The van der Waals surface area contributed by atoms with Crippen LogP contribution in [0.25, 0.3) is 0 Å². The third kappa shape index (κ3) is 6.12. The van der Waals surface area contributed by atoms with Gasteiger partial charge in [0.2, 0.25) is 0 Å². The third-order valence-electron chi connectivity index (χ3n) is 3.27. The van der Waals surface area contributed by atoms with Gasteiger partial charge in [-0.2, -0.15) is 13.2 Å². The van der Waals surface area contributed by atoms with E-state index in [1.807, 2.05) is 0 Å². The Morgan fingerprint density at radius 1 is 1.00 bits per heavy atom. The average molecular weight is 343 g/mol. The second-order valence-corrected chi connectivity index (χ2v) is 5.13. The van der Waals surface area contributed by atoms with Crippen molar-refractivity contribution in [3.05, 3.63) is 18.3 Å². The summed E-state index contributed by atoms with van der Waals surface area (Å²) in [5.41, 5.74) is 0.